The summed E-state index contributed by atoms with van der Waals surface area (Å²) in [4.78, 5) is 42.0. The van der Waals surface area contributed by atoms with E-state index in [-0.39, 0.29) is 6.61 Å². The normalized spacial score (nSPS) is 13.6. The number of ether oxygens (including phenoxy) is 3. The summed E-state index contributed by atoms with van der Waals surface area (Å²) in [5.41, 5.74) is 1.89. The Morgan fingerprint density at radius 2 is 1.72 bits per heavy atom. The predicted molar refractivity (Wildman–Crippen MR) is 159 cm³/mol. The number of hydrogen-bond donors (Lipinski definition) is 2. The number of benzene rings is 3. The molecule has 4 aromatic rings. The van der Waals surface area contributed by atoms with Crippen molar-refractivity contribution in [3.05, 3.63) is 96.5 Å². The van der Waals surface area contributed by atoms with Crippen LogP contribution >= 0.6 is 0 Å². The molecule has 0 atom stereocenters. The highest BCUT2D eigenvalue weighted by atomic mass is 16.5. The average molecular weight is 584 g/mol. The van der Waals surface area contributed by atoms with E-state index in [1.165, 1.54) is 13.5 Å². The first kappa shape index (κ1) is 29.4. The van der Waals surface area contributed by atoms with Gasteiger partial charge < -0.3 is 29.3 Å². The molecule has 0 bridgehead atoms. The second kappa shape index (κ2) is 13.7. The van der Waals surface area contributed by atoms with Crippen molar-refractivity contribution in [2.75, 3.05) is 19.0 Å². The van der Waals surface area contributed by atoms with Crippen molar-refractivity contribution >= 4 is 23.5 Å². The van der Waals surface area contributed by atoms with Crippen molar-refractivity contribution in [2.24, 2.45) is 0 Å². The lowest BCUT2D eigenvalue weighted by Crippen LogP contribution is -2.51. The van der Waals surface area contributed by atoms with Gasteiger partial charge in [0, 0.05) is 23.7 Å². The third-order valence-corrected chi connectivity index (χ3v) is 7.45. The van der Waals surface area contributed by atoms with Gasteiger partial charge in [-0.3, -0.25) is 9.59 Å². The zero-order valence-electron chi connectivity index (χ0n) is 23.8. The van der Waals surface area contributed by atoms with Crippen molar-refractivity contribution in [1.29, 1.82) is 0 Å². The molecule has 1 fully saturated rings. The lowest BCUT2D eigenvalue weighted by Gasteiger charge is -2.30. The van der Waals surface area contributed by atoms with Gasteiger partial charge in [-0.2, -0.15) is 0 Å². The van der Waals surface area contributed by atoms with Gasteiger partial charge in [-0.1, -0.05) is 43.2 Å². The summed E-state index contributed by atoms with van der Waals surface area (Å²) in [5, 5.41) is 5.61. The molecule has 43 heavy (non-hydrogen) atoms. The molecule has 3 aromatic carbocycles. The number of carbonyl (C=O) groups is 3. The number of esters is 1. The minimum Gasteiger partial charge on any atom is -0.496 e. The highest BCUT2D eigenvalue weighted by molar-refractivity contribution is 6.39. The lowest BCUT2D eigenvalue weighted by molar-refractivity contribution is -0.137. The van der Waals surface area contributed by atoms with Gasteiger partial charge >= 0.3 is 17.8 Å². The molecule has 1 aliphatic rings. The highest BCUT2D eigenvalue weighted by Crippen LogP contribution is 2.34. The Bertz CT molecular complexity index is 1530. The van der Waals surface area contributed by atoms with E-state index in [0.717, 1.165) is 31.2 Å². The van der Waals surface area contributed by atoms with Crippen molar-refractivity contribution in [3.8, 4) is 22.8 Å². The van der Waals surface area contributed by atoms with Crippen LogP contribution < -0.4 is 20.1 Å². The quantitative estimate of drug-likeness (QED) is 0.174. The molecule has 0 radical (unpaired) electrons. The highest BCUT2D eigenvalue weighted by Gasteiger charge is 2.36. The zero-order valence-corrected chi connectivity index (χ0v) is 23.8. The summed E-state index contributed by atoms with van der Waals surface area (Å²) in [6, 6.07) is 21.3. The molecule has 0 saturated heterocycles. The number of hydrogen-bond acceptors (Lipinski definition) is 8. The summed E-state index contributed by atoms with van der Waals surface area (Å²) in [5.74, 6) is -0.299. The van der Waals surface area contributed by atoms with Crippen LogP contribution in [0.1, 0.15) is 48.0 Å². The van der Waals surface area contributed by atoms with Crippen LogP contribution in [-0.2, 0) is 20.9 Å². The summed E-state index contributed by atoms with van der Waals surface area (Å²) >= 11 is 0. The maximum absolute atomic E-state index is 12.9. The van der Waals surface area contributed by atoms with Crippen LogP contribution in [0.15, 0.2) is 89.8 Å². The minimum atomic E-state index is -0.767. The largest absolute Gasteiger partial charge is 0.496 e. The number of carbonyl (C=O) groups excluding carboxylic acids is 3. The molecular formula is C33H33N3O7. The van der Waals surface area contributed by atoms with Crippen molar-refractivity contribution < 1.29 is 33.0 Å². The number of aromatic nitrogens is 1. The second-order valence-corrected chi connectivity index (χ2v) is 10.4. The number of methoxy groups -OCH3 is 1. The molecule has 1 aromatic heterocycles. The zero-order chi connectivity index (χ0) is 30.1. The molecule has 1 heterocycles. The van der Waals surface area contributed by atoms with Crippen LogP contribution in [0.5, 0.6) is 11.5 Å². The minimum absolute atomic E-state index is 0.202. The third-order valence-electron chi connectivity index (χ3n) is 7.45. The molecule has 222 valence electrons. The van der Waals surface area contributed by atoms with Gasteiger partial charge in [0.25, 0.3) is 0 Å². The van der Waals surface area contributed by atoms with Crippen LogP contribution in [0.3, 0.4) is 0 Å². The van der Waals surface area contributed by atoms with Crippen LogP contribution in [0.4, 0.5) is 5.69 Å². The number of rotatable bonds is 11. The summed E-state index contributed by atoms with van der Waals surface area (Å²) in [7, 11) is 1.51. The smallest absolute Gasteiger partial charge is 0.338 e. The number of anilines is 1. The van der Waals surface area contributed by atoms with E-state index in [0.29, 0.717) is 47.1 Å². The monoisotopic (exact) mass is 583 g/mol. The number of nitrogens with one attached hydrogen (secondary N) is 2. The second-order valence-electron chi connectivity index (χ2n) is 10.4. The first-order chi connectivity index (χ1) is 20.9. The maximum Gasteiger partial charge on any atom is 0.338 e. The molecule has 1 aliphatic carbocycles. The maximum atomic E-state index is 12.9. The molecule has 5 rings (SSSR count). The van der Waals surface area contributed by atoms with E-state index < -0.39 is 23.3 Å². The number of amides is 2. The topological polar surface area (TPSA) is 129 Å². The Hall–Kier alpha value is -5.12. The molecule has 1 saturated carbocycles. The van der Waals surface area contributed by atoms with Gasteiger partial charge in [0.15, 0.2) is 12.2 Å². The third kappa shape index (κ3) is 7.59. The first-order valence-electron chi connectivity index (χ1n) is 14.1. The van der Waals surface area contributed by atoms with Gasteiger partial charge in [0.1, 0.15) is 18.1 Å². The van der Waals surface area contributed by atoms with Crippen molar-refractivity contribution in [1.82, 2.24) is 10.3 Å². The summed E-state index contributed by atoms with van der Waals surface area (Å²) < 4.78 is 22.1. The Kier molecular flexibility index (Phi) is 9.36. The molecule has 0 spiro atoms. The van der Waals surface area contributed by atoms with Gasteiger partial charge in [-0.05, 0) is 54.8 Å². The molecule has 10 nitrogen and oxygen atoms in total. The summed E-state index contributed by atoms with van der Waals surface area (Å²) in [6.07, 6.45) is 6.81. The first-order valence-corrected chi connectivity index (χ1v) is 14.1. The fourth-order valence-corrected chi connectivity index (χ4v) is 5.15. The van der Waals surface area contributed by atoms with E-state index in [9.17, 15) is 14.4 Å². The Morgan fingerprint density at radius 3 is 2.42 bits per heavy atom. The van der Waals surface area contributed by atoms with Gasteiger partial charge in [-0.15, -0.1) is 0 Å². The van der Waals surface area contributed by atoms with E-state index in [4.69, 9.17) is 18.6 Å². The summed E-state index contributed by atoms with van der Waals surface area (Å²) in [6.45, 7) is 0.536. The molecule has 0 unspecified atom stereocenters. The SMILES string of the molecule is COc1cc(NC(=O)C(=O)NC2(CCOc3ccc(C(=O)OCc4ccccc4)cc3)CCCC2)ccc1-c1cnco1. The lowest BCUT2D eigenvalue weighted by atomic mass is 9.93. The Balaban J connectivity index is 1.12. The Morgan fingerprint density at radius 1 is 0.953 bits per heavy atom. The fourth-order valence-electron chi connectivity index (χ4n) is 5.15. The van der Waals surface area contributed by atoms with Crippen LogP contribution in [0, 0.1) is 0 Å². The van der Waals surface area contributed by atoms with Crippen LogP contribution in [0.2, 0.25) is 0 Å². The van der Waals surface area contributed by atoms with Crippen molar-refractivity contribution in [3.63, 3.8) is 0 Å². The van der Waals surface area contributed by atoms with Crippen LogP contribution in [-0.4, -0.2) is 42.0 Å². The van der Waals surface area contributed by atoms with Crippen molar-refractivity contribution in [2.45, 2.75) is 44.2 Å². The van der Waals surface area contributed by atoms with E-state index in [2.05, 4.69) is 15.6 Å². The number of nitrogens with zero attached hydrogens (tertiary/aromatic N) is 1. The molecule has 2 N–H and O–H groups in total. The molecule has 0 aliphatic heterocycles. The standard InChI is InChI=1S/C33H33N3O7/c1-40-28-19-25(11-14-27(28)29-20-34-22-43-29)35-30(37)31(38)36-33(15-5-6-16-33)17-18-41-26-12-9-24(10-13-26)32(39)42-21-23-7-3-2-4-8-23/h2-4,7-14,19-20,22H,5-6,15-18,21H2,1H3,(H,35,37)(H,36,38). The van der Waals surface area contributed by atoms with E-state index >= 15 is 0 Å². The van der Waals surface area contributed by atoms with Crippen LogP contribution in [0.25, 0.3) is 11.3 Å². The molecular weight excluding hydrogens is 550 g/mol. The van der Waals surface area contributed by atoms with Gasteiger partial charge in [0.2, 0.25) is 0 Å². The fraction of sp³-hybridized carbons (Fsp3) is 0.273. The van der Waals surface area contributed by atoms with E-state index in [1.54, 1.807) is 48.7 Å². The average Bonchev–Trinajstić information content (AvgIpc) is 3.74. The van der Waals surface area contributed by atoms with Gasteiger partial charge in [-0.25, -0.2) is 9.78 Å². The van der Waals surface area contributed by atoms with Gasteiger partial charge in [0.05, 0.1) is 31.0 Å². The predicted octanol–water partition coefficient (Wildman–Crippen LogP) is 5.54. The molecule has 10 heteroatoms. The van der Waals surface area contributed by atoms with E-state index in [1.807, 2.05) is 30.3 Å². The Labute approximate surface area is 249 Å². The number of oxazole rings is 1. The molecule has 2 amide bonds.